The molecule has 1 atom stereocenters. The van der Waals surface area contributed by atoms with Crippen molar-refractivity contribution in [2.45, 2.75) is 19.3 Å². The Morgan fingerprint density at radius 3 is 3.29 bits per heavy atom. The molecular weight excluding hydrogens is 230 g/mol. The predicted octanol–water partition coefficient (Wildman–Crippen LogP) is 3.18. The van der Waals surface area contributed by atoms with E-state index in [9.17, 15) is 0 Å². The second-order valence-corrected chi connectivity index (χ2v) is 6.01. The third-order valence-corrected chi connectivity index (χ3v) is 4.82. The van der Waals surface area contributed by atoms with Gasteiger partial charge in [0.05, 0.1) is 12.3 Å². The highest BCUT2D eigenvalue weighted by Gasteiger charge is 2.17. The number of ether oxygens (including phenoxy) is 1. The zero-order chi connectivity index (χ0) is 11.5. The Balaban J connectivity index is 1.63. The summed E-state index contributed by atoms with van der Waals surface area (Å²) in [7, 11) is 0. The Hall–Kier alpha value is -0.830. The number of hydrogen-bond donors (Lipinski definition) is 1. The highest BCUT2D eigenvalue weighted by molar-refractivity contribution is 7.99. The van der Waals surface area contributed by atoms with Gasteiger partial charge in [-0.05, 0) is 42.4 Å². The minimum atomic E-state index is 0.742. The quantitative estimate of drug-likeness (QED) is 0.889. The molecule has 0 bridgehead atoms. The van der Waals surface area contributed by atoms with Crippen LogP contribution in [0.15, 0.2) is 18.2 Å². The molecule has 2 aliphatic rings. The van der Waals surface area contributed by atoms with Gasteiger partial charge in [-0.1, -0.05) is 12.1 Å². The minimum Gasteiger partial charge on any atom is -0.491 e. The van der Waals surface area contributed by atoms with Crippen molar-refractivity contribution in [2.24, 2.45) is 5.92 Å². The molecular formula is C14H19NOS. The molecule has 2 aliphatic heterocycles. The lowest BCUT2D eigenvalue weighted by atomic mass is 10.1. The summed E-state index contributed by atoms with van der Waals surface area (Å²) in [4.78, 5) is 0. The first-order valence-electron chi connectivity index (χ1n) is 6.50. The van der Waals surface area contributed by atoms with Crippen LogP contribution in [0.3, 0.4) is 0 Å². The molecule has 0 amide bonds. The molecule has 0 radical (unpaired) electrons. The smallest absolute Gasteiger partial charge is 0.142 e. The first kappa shape index (κ1) is 11.3. The number of thioether (sulfide) groups is 1. The van der Waals surface area contributed by atoms with E-state index in [-0.39, 0.29) is 0 Å². The van der Waals surface area contributed by atoms with E-state index in [1.54, 1.807) is 0 Å². The molecule has 1 unspecified atom stereocenters. The molecule has 92 valence electrons. The summed E-state index contributed by atoms with van der Waals surface area (Å²) >= 11 is 2.07. The van der Waals surface area contributed by atoms with Crippen molar-refractivity contribution in [3.05, 3.63) is 23.8 Å². The Bertz CT molecular complexity index is 388. The van der Waals surface area contributed by atoms with Crippen molar-refractivity contribution in [3.8, 4) is 5.75 Å². The van der Waals surface area contributed by atoms with Gasteiger partial charge in [-0.2, -0.15) is 11.8 Å². The summed E-state index contributed by atoms with van der Waals surface area (Å²) in [6.07, 6.45) is 3.81. The van der Waals surface area contributed by atoms with Crippen LogP contribution in [0.5, 0.6) is 5.75 Å². The van der Waals surface area contributed by atoms with Crippen molar-refractivity contribution in [2.75, 3.05) is 30.0 Å². The van der Waals surface area contributed by atoms with E-state index in [0.717, 1.165) is 31.2 Å². The minimum absolute atomic E-state index is 0.742. The first-order chi connectivity index (χ1) is 8.43. The normalized spacial score (nSPS) is 22.9. The van der Waals surface area contributed by atoms with E-state index in [1.807, 2.05) is 0 Å². The van der Waals surface area contributed by atoms with Crippen LogP contribution < -0.4 is 10.1 Å². The van der Waals surface area contributed by atoms with Crippen molar-refractivity contribution >= 4 is 17.4 Å². The van der Waals surface area contributed by atoms with Crippen LogP contribution in [0.25, 0.3) is 0 Å². The van der Waals surface area contributed by atoms with Crippen molar-refractivity contribution in [1.29, 1.82) is 0 Å². The van der Waals surface area contributed by atoms with E-state index >= 15 is 0 Å². The lowest BCUT2D eigenvalue weighted by Gasteiger charge is -2.22. The Morgan fingerprint density at radius 1 is 1.41 bits per heavy atom. The fourth-order valence-electron chi connectivity index (χ4n) is 2.57. The maximum Gasteiger partial charge on any atom is 0.142 e. The molecule has 1 fully saturated rings. The van der Waals surface area contributed by atoms with Crippen LogP contribution >= 0.6 is 11.8 Å². The van der Waals surface area contributed by atoms with Crippen LogP contribution in [0.2, 0.25) is 0 Å². The van der Waals surface area contributed by atoms with Gasteiger partial charge in [0.1, 0.15) is 5.75 Å². The van der Waals surface area contributed by atoms with Gasteiger partial charge in [0, 0.05) is 12.5 Å². The molecule has 1 aromatic carbocycles. The van der Waals surface area contributed by atoms with E-state index in [0.29, 0.717) is 0 Å². The molecule has 1 N–H and O–H groups in total. The molecule has 0 saturated carbocycles. The standard InChI is InChI=1S/C14H19NOS/c1-4-12-6-7-15-14(12)13(5-1)16-9-11-3-2-8-17-10-11/h1,4-5,11,15H,2-3,6-10H2. The molecule has 0 aliphatic carbocycles. The molecule has 1 saturated heterocycles. The lowest BCUT2D eigenvalue weighted by molar-refractivity contribution is 0.253. The van der Waals surface area contributed by atoms with Crippen LogP contribution in [0.1, 0.15) is 18.4 Å². The van der Waals surface area contributed by atoms with Gasteiger partial charge in [-0.3, -0.25) is 0 Å². The fraction of sp³-hybridized carbons (Fsp3) is 0.571. The summed E-state index contributed by atoms with van der Waals surface area (Å²) in [5.74, 6) is 4.39. The highest BCUT2D eigenvalue weighted by Crippen LogP contribution is 2.33. The van der Waals surface area contributed by atoms with E-state index in [4.69, 9.17) is 4.74 Å². The third kappa shape index (κ3) is 2.54. The molecule has 0 aromatic heterocycles. The summed E-state index contributed by atoms with van der Waals surface area (Å²) in [5, 5.41) is 3.43. The second kappa shape index (κ2) is 5.21. The second-order valence-electron chi connectivity index (χ2n) is 4.86. The predicted molar refractivity (Wildman–Crippen MR) is 74.2 cm³/mol. The molecule has 1 aromatic rings. The number of benzene rings is 1. The number of hydrogen-bond acceptors (Lipinski definition) is 3. The van der Waals surface area contributed by atoms with Gasteiger partial charge >= 0.3 is 0 Å². The SMILES string of the molecule is c1cc2c(c(OCC3CCCSC3)c1)NCC2. The van der Waals surface area contributed by atoms with Gasteiger partial charge in [0.15, 0.2) is 0 Å². The van der Waals surface area contributed by atoms with Crippen LogP contribution in [0, 0.1) is 5.92 Å². The van der Waals surface area contributed by atoms with Gasteiger partial charge < -0.3 is 10.1 Å². The average molecular weight is 249 g/mol. The molecule has 3 heteroatoms. The molecule has 2 heterocycles. The average Bonchev–Trinajstić information content (AvgIpc) is 2.86. The van der Waals surface area contributed by atoms with Crippen molar-refractivity contribution < 1.29 is 4.74 Å². The summed E-state index contributed by atoms with van der Waals surface area (Å²) in [5.41, 5.74) is 2.64. The number of nitrogens with one attached hydrogen (secondary N) is 1. The van der Waals surface area contributed by atoms with Gasteiger partial charge in [0.2, 0.25) is 0 Å². The van der Waals surface area contributed by atoms with Crippen LogP contribution in [-0.4, -0.2) is 24.7 Å². The number of anilines is 1. The van der Waals surface area contributed by atoms with Crippen LogP contribution in [-0.2, 0) is 6.42 Å². The fourth-order valence-corrected chi connectivity index (χ4v) is 3.71. The Morgan fingerprint density at radius 2 is 2.41 bits per heavy atom. The highest BCUT2D eigenvalue weighted by atomic mass is 32.2. The van der Waals surface area contributed by atoms with Crippen molar-refractivity contribution in [1.82, 2.24) is 0 Å². The Labute approximate surface area is 107 Å². The summed E-state index contributed by atoms with van der Waals surface area (Å²) < 4.78 is 6.01. The maximum absolute atomic E-state index is 6.01. The number of rotatable bonds is 3. The first-order valence-corrected chi connectivity index (χ1v) is 7.65. The molecule has 17 heavy (non-hydrogen) atoms. The zero-order valence-corrected chi connectivity index (χ0v) is 10.9. The van der Waals surface area contributed by atoms with E-state index in [2.05, 4.69) is 35.3 Å². The molecule has 2 nitrogen and oxygen atoms in total. The largest absolute Gasteiger partial charge is 0.491 e. The van der Waals surface area contributed by atoms with Crippen LogP contribution in [0.4, 0.5) is 5.69 Å². The number of fused-ring (bicyclic) bond motifs is 1. The topological polar surface area (TPSA) is 21.3 Å². The summed E-state index contributed by atoms with van der Waals surface area (Å²) in [6.45, 7) is 1.93. The third-order valence-electron chi connectivity index (χ3n) is 3.54. The monoisotopic (exact) mass is 249 g/mol. The zero-order valence-electron chi connectivity index (χ0n) is 10.1. The van der Waals surface area contributed by atoms with Gasteiger partial charge in [0.25, 0.3) is 0 Å². The van der Waals surface area contributed by atoms with Crippen molar-refractivity contribution in [3.63, 3.8) is 0 Å². The number of para-hydroxylation sites is 1. The summed E-state index contributed by atoms with van der Waals surface area (Å²) in [6, 6.07) is 6.39. The molecule has 0 spiro atoms. The van der Waals surface area contributed by atoms with E-state index in [1.165, 1.54) is 35.6 Å². The maximum atomic E-state index is 6.01. The lowest BCUT2D eigenvalue weighted by Crippen LogP contribution is -2.18. The van der Waals surface area contributed by atoms with E-state index < -0.39 is 0 Å². The van der Waals surface area contributed by atoms with Gasteiger partial charge in [-0.15, -0.1) is 0 Å². The van der Waals surface area contributed by atoms with Gasteiger partial charge in [-0.25, -0.2) is 0 Å². The Kier molecular flexibility index (Phi) is 3.46. The molecule has 3 rings (SSSR count).